The normalized spacial score (nSPS) is 11.8. The fraction of sp³-hybridized carbons (Fsp3) is 0.462. The maximum absolute atomic E-state index is 11.9. The number of methoxy groups -OCH3 is 1. The Morgan fingerprint density at radius 1 is 1.56 bits per heavy atom. The van der Waals surface area contributed by atoms with E-state index in [-0.39, 0.29) is 11.9 Å². The molecule has 0 aliphatic carbocycles. The second-order valence-corrected chi connectivity index (χ2v) is 4.38. The van der Waals surface area contributed by atoms with Gasteiger partial charge in [0.15, 0.2) is 0 Å². The number of benzene rings is 1. The minimum atomic E-state index is -0.149. The molecule has 5 heteroatoms. The number of nitrogens with one attached hydrogen (secondary N) is 1. The van der Waals surface area contributed by atoms with Crippen molar-refractivity contribution >= 4 is 11.7 Å². The average Bonchev–Trinajstić information content (AvgIpc) is 2.38. The summed E-state index contributed by atoms with van der Waals surface area (Å²) in [7, 11) is 3.34. The number of urea groups is 1. The summed E-state index contributed by atoms with van der Waals surface area (Å²) < 4.78 is 5.10. The van der Waals surface area contributed by atoms with Crippen molar-refractivity contribution in [2.45, 2.75) is 6.92 Å². The van der Waals surface area contributed by atoms with Crippen molar-refractivity contribution in [1.82, 2.24) is 4.90 Å². The van der Waals surface area contributed by atoms with E-state index in [0.717, 1.165) is 0 Å². The third kappa shape index (κ3) is 4.25. The quantitative estimate of drug-likeness (QED) is 0.837. The minimum absolute atomic E-state index is 0.149. The zero-order valence-electron chi connectivity index (χ0n) is 11.1. The van der Waals surface area contributed by atoms with Gasteiger partial charge in [-0.05, 0) is 24.6 Å². The number of rotatable bonds is 5. The van der Waals surface area contributed by atoms with Gasteiger partial charge < -0.3 is 20.7 Å². The van der Waals surface area contributed by atoms with E-state index in [1.165, 1.54) is 0 Å². The first kappa shape index (κ1) is 14.3. The average molecular weight is 251 g/mol. The predicted molar refractivity (Wildman–Crippen MR) is 72.9 cm³/mol. The van der Waals surface area contributed by atoms with Crippen LogP contribution in [0.5, 0.6) is 5.75 Å². The molecule has 0 spiro atoms. The Labute approximate surface area is 108 Å². The number of nitrogens with two attached hydrogens (primary N) is 1. The SMILES string of the molecule is COc1cccc(NC(=O)N(C)CC(C)CN)c1. The summed E-state index contributed by atoms with van der Waals surface area (Å²) in [5, 5.41) is 2.81. The highest BCUT2D eigenvalue weighted by molar-refractivity contribution is 5.89. The molecule has 0 heterocycles. The van der Waals surface area contributed by atoms with Crippen LogP contribution in [-0.4, -0.2) is 38.2 Å². The van der Waals surface area contributed by atoms with Crippen LogP contribution in [0.3, 0.4) is 0 Å². The Balaban J connectivity index is 2.57. The summed E-state index contributed by atoms with van der Waals surface area (Å²) in [6.07, 6.45) is 0. The van der Waals surface area contributed by atoms with Gasteiger partial charge in [-0.1, -0.05) is 13.0 Å². The molecule has 18 heavy (non-hydrogen) atoms. The zero-order chi connectivity index (χ0) is 13.5. The van der Waals surface area contributed by atoms with Crippen LogP contribution in [0.2, 0.25) is 0 Å². The van der Waals surface area contributed by atoms with Gasteiger partial charge in [0.2, 0.25) is 0 Å². The van der Waals surface area contributed by atoms with Crippen molar-refractivity contribution in [2.24, 2.45) is 11.7 Å². The highest BCUT2D eigenvalue weighted by atomic mass is 16.5. The van der Waals surface area contributed by atoms with Crippen molar-refractivity contribution in [2.75, 3.05) is 32.6 Å². The maximum Gasteiger partial charge on any atom is 0.321 e. The molecule has 0 saturated heterocycles. The van der Waals surface area contributed by atoms with Crippen molar-refractivity contribution in [3.8, 4) is 5.75 Å². The Bertz CT molecular complexity index is 396. The van der Waals surface area contributed by atoms with Crippen LogP contribution in [0.15, 0.2) is 24.3 Å². The Kier molecular flexibility index (Phi) is 5.45. The van der Waals surface area contributed by atoms with Gasteiger partial charge in [0.05, 0.1) is 7.11 Å². The molecule has 1 atom stereocenters. The van der Waals surface area contributed by atoms with Crippen LogP contribution in [-0.2, 0) is 0 Å². The summed E-state index contributed by atoms with van der Waals surface area (Å²) in [6, 6.07) is 7.11. The van der Waals surface area contributed by atoms with E-state index in [1.807, 2.05) is 25.1 Å². The van der Waals surface area contributed by atoms with Crippen LogP contribution < -0.4 is 15.8 Å². The number of amides is 2. The number of nitrogens with zero attached hydrogens (tertiary/aromatic N) is 1. The van der Waals surface area contributed by atoms with Crippen LogP contribution in [0, 0.1) is 5.92 Å². The van der Waals surface area contributed by atoms with Crippen molar-refractivity contribution in [3.63, 3.8) is 0 Å². The lowest BCUT2D eigenvalue weighted by Gasteiger charge is -2.21. The lowest BCUT2D eigenvalue weighted by atomic mass is 10.2. The summed E-state index contributed by atoms with van der Waals surface area (Å²) in [6.45, 7) is 3.21. The van der Waals surface area contributed by atoms with E-state index in [2.05, 4.69) is 5.32 Å². The van der Waals surface area contributed by atoms with Gasteiger partial charge >= 0.3 is 6.03 Å². The van der Waals surface area contributed by atoms with Gasteiger partial charge in [0, 0.05) is 25.3 Å². The molecule has 2 amide bonds. The van der Waals surface area contributed by atoms with E-state index in [9.17, 15) is 4.79 Å². The fourth-order valence-electron chi connectivity index (χ4n) is 1.54. The third-order valence-corrected chi connectivity index (χ3v) is 2.66. The smallest absolute Gasteiger partial charge is 0.321 e. The predicted octanol–water partition coefficient (Wildman–Crippen LogP) is 1.75. The van der Waals surface area contributed by atoms with Crippen molar-refractivity contribution < 1.29 is 9.53 Å². The number of anilines is 1. The molecule has 0 radical (unpaired) electrons. The summed E-state index contributed by atoms with van der Waals surface area (Å²) in [5.74, 6) is 0.997. The number of hydrogen-bond acceptors (Lipinski definition) is 3. The van der Waals surface area contributed by atoms with Crippen molar-refractivity contribution in [3.05, 3.63) is 24.3 Å². The largest absolute Gasteiger partial charge is 0.497 e. The first-order chi connectivity index (χ1) is 8.56. The highest BCUT2D eigenvalue weighted by Gasteiger charge is 2.11. The van der Waals surface area contributed by atoms with Gasteiger partial charge in [-0.15, -0.1) is 0 Å². The Hall–Kier alpha value is -1.75. The van der Waals surface area contributed by atoms with Crippen LogP contribution in [0.25, 0.3) is 0 Å². The molecule has 0 aromatic heterocycles. The lowest BCUT2D eigenvalue weighted by Crippen LogP contribution is -2.36. The van der Waals surface area contributed by atoms with E-state index < -0.39 is 0 Å². The molecule has 5 nitrogen and oxygen atoms in total. The summed E-state index contributed by atoms with van der Waals surface area (Å²) in [4.78, 5) is 13.5. The molecular weight excluding hydrogens is 230 g/mol. The maximum atomic E-state index is 11.9. The Morgan fingerprint density at radius 2 is 2.28 bits per heavy atom. The molecule has 0 bridgehead atoms. The van der Waals surface area contributed by atoms with Gasteiger partial charge in [-0.3, -0.25) is 0 Å². The first-order valence-electron chi connectivity index (χ1n) is 5.93. The second-order valence-electron chi connectivity index (χ2n) is 4.38. The van der Waals surface area contributed by atoms with E-state index in [4.69, 9.17) is 10.5 Å². The first-order valence-corrected chi connectivity index (χ1v) is 5.93. The standard InChI is InChI=1S/C13H21N3O2/c1-10(8-14)9-16(2)13(17)15-11-5-4-6-12(7-11)18-3/h4-7,10H,8-9,14H2,1-3H3,(H,15,17). The van der Waals surface area contributed by atoms with Gasteiger partial charge in [0.1, 0.15) is 5.75 Å². The molecule has 1 unspecified atom stereocenters. The molecule has 1 aromatic rings. The zero-order valence-corrected chi connectivity index (χ0v) is 11.1. The second kappa shape index (κ2) is 6.86. The number of ether oxygens (including phenoxy) is 1. The number of carbonyl (C=O) groups is 1. The van der Waals surface area contributed by atoms with Gasteiger partial charge in [-0.25, -0.2) is 4.79 Å². The molecule has 1 aromatic carbocycles. The topological polar surface area (TPSA) is 67.6 Å². The molecule has 3 N–H and O–H groups in total. The molecular formula is C13H21N3O2. The lowest BCUT2D eigenvalue weighted by molar-refractivity contribution is 0.216. The molecule has 1 rings (SSSR count). The number of hydrogen-bond donors (Lipinski definition) is 2. The minimum Gasteiger partial charge on any atom is -0.497 e. The third-order valence-electron chi connectivity index (χ3n) is 2.66. The molecule has 100 valence electrons. The molecule has 0 aliphatic rings. The van der Waals surface area contributed by atoms with Crippen LogP contribution in [0.4, 0.5) is 10.5 Å². The van der Waals surface area contributed by atoms with E-state index in [1.54, 1.807) is 25.1 Å². The number of carbonyl (C=O) groups excluding carboxylic acids is 1. The van der Waals surface area contributed by atoms with Crippen molar-refractivity contribution in [1.29, 1.82) is 0 Å². The molecule has 0 saturated carbocycles. The molecule has 0 fully saturated rings. The van der Waals surface area contributed by atoms with Gasteiger partial charge in [-0.2, -0.15) is 0 Å². The fourth-order valence-corrected chi connectivity index (χ4v) is 1.54. The van der Waals surface area contributed by atoms with Crippen LogP contribution >= 0.6 is 0 Å². The molecule has 0 aliphatic heterocycles. The Morgan fingerprint density at radius 3 is 2.89 bits per heavy atom. The summed E-state index contributed by atoms with van der Waals surface area (Å²) >= 11 is 0. The summed E-state index contributed by atoms with van der Waals surface area (Å²) in [5.41, 5.74) is 6.25. The van der Waals surface area contributed by atoms with Crippen LogP contribution in [0.1, 0.15) is 6.92 Å². The highest BCUT2D eigenvalue weighted by Crippen LogP contribution is 2.17. The monoisotopic (exact) mass is 251 g/mol. The van der Waals surface area contributed by atoms with E-state index in [0.29, 0.717) is 24.5 Å². The van der Waals surface area contributed by atoms with Gasteiger partial charge in [0.25, 0.3) is 0 Å². The van der Waals surface area contributed by atoms with E-state index >= 15 is 0 Å².